The standard InChI is InChI=1S/C23H22N4O4S/c1-30-19-10-17-18(11-20(19)31-2)26-23(25-13-16-4-3-9-32-16)27-21(17)24-12-14-5-7-15(8-6-14)22(28)29/h3-11H,12-13H2,1-2H3,(H,28,29)(H2,24,25,26,27). The number of thiophene rings is 1. The second kappa shape index (κ2) is 9.52. The molecule has 0 bridgehead atoms. The first-order valence-electron chi connectivity index (χ1n) is 9.83. The molecule has 0 saturated heterocycles. The maximum absolute atomic E-state index is 11.1. The van der Waals surface area contributed by atoms with Crippen LogP contribution in [-0.2, 0) is 13.1 Å². The van der Waals surface area contributed by atoms with Crippen LogP contribution in [0.25, 0.3) is 10.9 Å². The second-order valence-corrected chi connectivity index (χ2v) is 7.94. The third kappa shape index (κ3) is 4.73. The van der Waals surface area contributed by atoms with Gasteiger partial charge in [0.25, 0.3) is 0 Å². The van der Waals surface area contributed by atoms with Gasteiger partial charge in [0.15, 0.2) is 11.5 Å². The van der Waals surface area contributed by atoms with Gasteiger partial charge in [-0.3, -0.25) is 0 Å². The van der Waals surface area contributed by atoms with Crippen molar-refractivity contribution in [1.29, 1.82) is 0 Å². The van der Waals surface area contributed by atoms with Gasteiger partial charge in [-0.2, -0.15) is 4.98 Å². The van der Waals surface area contributed by atoms with Crippen molar-refractivity contribution in [2.45, 2.75) is 13.1 Å². The van der Waals surface area contributed by atoms with Gasteiger partial charge >= 0.3 is 5.97 Å². The molecule has 0 spiro atoms. The van der Waals surface area contributed by atoms with Crippen LogP contribution in [0.3, 0.4) is 0 Å². The summed E-state index contributed by atoms with van der Waals surface area (Å²) < 4.78 is 10.9. The Labute approximate surface area is 188 Å². The molecule has 0 radical (unpaired) electrons. The van der Waals surface area contributed by atoms with E-state index in [2.05, 4.69) is 20.6 Å². The van der Waals surface area contributed by atoms with E-state index in [0.717, 1.165) is 10.9 Å². The van der Waals surface area contributed by atoms with Crippen molar-refractivity contribution in [3.8, 4) is 11.5 Å². The van der Waals surface area contributed by atoms with Gasteiger partial charge in [-0.15, -0.1) is 11.3 Å². The van der Waals surface area contributed by atoms with Crippen LogP contribution in [0.5, 0.6) is 11.5 Å². The van der Waals surface area contributed by atoms with Crippen LogP contribution in [-0.4, -0.2) is 35.3 Å². The number of carboxylic acid groups (broad SMARTS) is 1. The average Bonchev–Trinajstić information content (AvgIpc) is 3.34. The molecule has 0 amide bonds. The fourth-order valence-corrected chi connectivity index (χ4v) is 3.84. The summed E-state index contributed by atoms with van der Waals surface area (Å²) in [4.78, 5) is 21.6. The molecule has 4 aromatic rings. The van der Waals surface area contributed by atoms with E-state index in [1.807, 2.05) is 29.6 Å². The predicted molar refractivity (Wildman–Crippen MR) is 125 cm³/mol. The number of nitrogens with zero attached hydrogens (tertiary/aromatic N) is 2. The quantitative estimate of drug-likeness (QED) is 0.339. The summed E-state index contributed by atoms with van der Waals surface area (Å²) in [6, 6.07) is 14.4. The van der Waals surface area contributed by atoms with E-state index in [9.17, 15) is 4.79 Å². The van der Waals surface area contributed by atoms with Crippen molar-refractivity contribution in [2.24, 2.45) is 0 Å². The highest BCUT2D eigenvalue weighted by Crippen LogP contribution is 2.34. The Bertz CT molecular complexity index is 1230. The summed E-state index contributed by atoms with van der Waals surface area (Å²) in [6.45, 7) is 1.08. The Kier molecular flexibility index (Phi) is 6.37. The molecule has 2 heterocycles. The molecule has 9 heteroatoms. The summed E-state index contributed by atoms with van der Waals surface area (Å²) in [6.07, 6.45) is 0. The Morgan fingerprint density at radius 3 is 2.41 bits per heavy atom. The number of anilines is 2. The highest BCUT2D eigenvalue weighted by Gasteiger charge is 2.14. The minimum Gasteiger partial charge on any atom is -0.493 e. The van der Waals surface area contributed by atoms with E-state index >= 15 is 0 Å². The number of carbonyl (C=O) groups is 1. The molecule has 2 aromatic carbocycles. The molecule has 32 heavy (non-hydrogen) atoms. The number of hydrogen-bond acceptors (Lipinski definition) is 8. The number of carboxylic acids is 1. The first-order chi connectivity index (χ1) is 15.6. The molecule has 164 valence electrons. The van der Waals surface area contributed by atoms with E-state index < -0.39 is 5.97 Å². The van der Waals surface area contributed by atoms with Crippen molar-refractivity contribution in [1.82, 2.24) is 9.97 Å². The first-order valence-corrected chi connectivity index (χ1v) is 10.7. The van der Waals surface area contributed by atoms with Gasteiger partial charge in [-0.1, -0.05) is 18.2 Å². The zero-order valence-corrected chi connectivity index (χ0v) is 18.4. The number of fused-ring (bicyclic) bond motifs is 1. The number of nitrogens with one attached hydrogen (secondary N) is 2. The Morgan fingerprint density at radius 2 is 1.75 bits per heavy atom. The van der Waals surface area contributed by atoms with Crippen LogP contribution in [0.15, 0.2) is 53.9 Å². The molecule has 4 rings (SSSR count). The topological polar surface area (TPSA) is 106 Å². The predicted octanol–water partition coefficient (Wildman–Crippen LogP) is 4.63. The molecule has 0 aliphatic heterocycles. The van der Waals surface area contributed by atoms with Gasteiger partial charge in [-0.25, -0.2) is 9.78 Å². The van der Waals surface area contributed by atoms with Gasteiger partial charge in [0.2, 0.25) is 5.95 Å². The largest absolute Gasteiger partial charge is 0.493 e. The lowest BCUT2D eigenvalue weighted by molar-refractivity contribution is 0.0697. The number of hydrogen-bond donors (Lipinski definition) is 3. The third-order valence-electron chi connectivity index (χ3n) is 4.86. The van der Waals surface area contributed by atoms with Crippen molar-refractivity contribution in [2.75, 3.05) is 24.9 Å². The second-order valence-electron chi connectivity index (χ2n) is 6.91. The minimum absolute atomic E-state index is 0.248. The van der Waals surface area contributed by atoms with Crippen LogP contribution >= 0.6 is 11.3 Å². The molecule has 8 nitrogen and oxygen atoms in total. The van der Waals surface area contributed by atoms with Crippen molar-refractivity contribution >= 4 is 40.0 Å². The molecule has 0 saturated carbocycles. The Hall–Kier alpha value is -3.85. The summed E-state index contributed by atoms with van der Waals surface area (Å²) in [5.74, 6) is 1.33. The van der Waals surface area contributed by atoms with Crippen LogP contribution in [0.2, 0.25) is 0 Å². The lowest BCUT2D eigenvalue weighted by Gasteiger charge is -2.14. The summed E-state index contributed by atoms with van der Waals surface area (Å²) >= 11 is 1.66. The molecular formula is C23H22N4O4S. The van der Waals surface area contributed by atoms with E-state index in [-0.39, 0.29) is 5.56 Å². The minimum atomic E-state index is -0.950. The van der Waals surface area contributed by atoms with Crippen LogP contribution in [0.1, 0.15) is 20.8 Å². The van der Waals surface area contributed by atoms with E-state index in [0.29, 0.717) is 41.9 Å². The molecule has 2 aromatic heterocycles. The molecule has 0 aliphatic rings. The molecule has 0 atom stereocenters. The number of ether oxygens (including phenoxy) is 2. The highest BCUT2D eigenvalue weighted by molar-refractivity contribution is 7.09. The maximum Gasteiger partial charge on any atom is 0.335 e. The van der Waals surface area contributed by atoms with Gasteiger partial charge in [0, 0.05) is 22.9 Å². The van der Waals surface area contributed by atoms with Crippen LogP contribution in [0, 0.1) is 0 Å². The van der Waals surface area contributed by atoms with Crippen molar-refractivity contribution in [3.63, 3.8) is 0 Å². The normalized spacial score (nSPS) is 10.7. The molecular weight excluding hydrogens is 428 g/mol. The number of rotatable bonds is 9. The van der Waals surface area contributed by atoms with E-state index in [1.54, 1.807) is 49.8 Å². The van der Waals surface area contributed by atoms with Gasteiger partial charge in [-0.05, 0) is 35.2 Å². The first kappa shape index (κ1) is 21.4. The number of benzene rings is 2. The Balaban J connectivity index is 1.65. The van der Waals surface area contributed by atoms with Crippen molar-refractivity contribution < 1.29 is 19.4 Å². The SMILES string of the molecule is COc1cc2nc(NCc3cccs3)nc(NCc3ccc(C(=O)O)cc3)c2cc1OC. The zero-order chi connectivity index (χ0) is 22.5. The highest BCUT2D eigenvalue weighted by atomic mass is 32.1. The summed E-state index contributed by atoms with van der Waals surface area (Å²) in [5, 5.41) is 18.5. The zero-order valence-electron chi connectivity index (χ0n) is 17.6. The van der Waals surface area contributed by atoms with Gasteiger partial charge < -0.3 is 25.2 Å². The van der Waals surface area contributed by atoms with E-state index in [4.69, 9.17) is 14.6 Å². The van der Waals surface area contributed by atoms with Gasteiger partial charge in [0.1, 0.15) is 5.82 Å². The molecule has 3 N–H and O–H groups in total. The smallest absolute Gasteiger partial charge is 0.335 e. The van der Waals surface area contributed by atoms with Crippen LogP contribution < -0.4 is 20.1 Å². The number of aromatic carboxylic acids is 1. The van der Waals surface area contributed by atoms with Crippen molar-refractivity contribution in [3.05, 3.63) is 69.9 Å². The fraction of sp³-hybridized carbons (Fsp3) is 0.174. The van der Waals surface area contributed by atoms with Crippen LogP contribution in [0.4, 0.5) is 11.8 Å². The third-order valence-corrected chi connectivity index (χ3v) is 5.74. The lowest BCUT2D eigenvalue weighted by atomic mass is 10.1. The van der Waals surface area contributed by atoms with Gasteiger partial charge in [0.05, 0.1) is 31.8 Å². The van der Waals surface area contributed by atoms with E-state index in [1.165, 1.54) is 4.88 Å². The number of methoxy groups -OCH3 is 2. The summed E-state index contributed by atoms with van der Waals surface area (Å²) in [7, 11) is 3.17. The monoisotopic (exact) mass is 450 g/mol. The molecule has 0 aliphatic carbocycles. The Morgan fingerprint density at radius 1 is 1.00 bits per heavy atom. The number of aromatic nitrogens is 2. The average molecular weight is 451 g/mol. The maximum atomic E-state index is 11.1. The fourth-order valence-electron chi connectivity index (χ4n) is 3.20. The lowest BCUT2D eigenvalue weighted by Crippen LogP contribution is -2.08. The summed E-state index contributed by atoms with van der Waals surface area (Å²) in [5.41, 5.74) is 1.88. The molecule has 0 fully saturated rings. The molecule has 0 unspecified atom stereocenters.